The number of fused-ring (bicyclic) bond motifs is 1. The van der Waals surface area contributed by atoms with Crippen LogP contribution in [-0.4, -0.2) is 28.2 Å². The lowest BCUT2D eigenvalue weighted by molar-refractivity contribution is -0.384. The van der Waals surface area contributed by atoms with Gasteiger partial charge in [-0.15, -0.1) is 0 Å². The normalized spacial score (nSPS) is 18.1. The molecule has 7 nitrogen and oxygen atoms in total. The van der Waals surface area contributed by atoms with E-state index in [0.29, 0.717) is 5.92 Å². The zero-order valence-corrected chi connectivity index (χ0v) is 16.8. The Morgan fingerprint density at radius 3 is 2.93 bits per heavy atom. The van der Waals surface area contributed by atoms with Crippen molar-refractivity contribution in [3.8, 4) is 0 Å². The SMILES string of the molecule is CCCN1c2ccc(/C=N\Nc3ncccc3[N+](=O)[O-])cc2C(C)CC1(C)C. The monoisotopic (exact) mass is 381 g/mol. The molecule has 0 amide bonds. The van der Waals surface area contributed by atoms with E-state index in [4.69, 9.17) is 0 Å². The fourth-order valence-corrected chi connectivity index (χ4v) is 4.03. The Balaban J connectivity index is 1.83. The average Bonchev–Trinajstić information content (AvgIpc) is 2.65. The van der Waals surface area contributed by atoms with Crippen LogP contribution >= 0.6 is 0 Å². The number of nitrogens with zero attached hydrogens (tertiary/aromatic N) is 4. The zero-order valence-electron chi connectivity index (χ0n) is 16.8. The molecule has 1 aliphatic heterocycles. The molecule has 2 heterocycles. The summed E-state index contributed by atoms with van der Waals surface area (Å²) >= 11 is 0. The van der Waals surface area contributed by atoms with Gasteiger partial charge in [-0.3, -0.25) is 15.5 Å². The molecule has 0 radical (unpaired) electrons. The first-order valence-electron chi connectivity index (χ1n) is 9.63. The molecule has 1 aromatic heterocycles. The lowest BCUT2D eigenvalue weighted by Gasteiger charge is -2.47. The summed E-state index contributed by atoms with van der Waals surface area (Å²) in [4.78, 5) is 17.1. The molecule has 2 aromatic rings. The van der Waals surface area contributed by atoms with Gasteiger partial charge >= 0.3 is 5.69 Å². The lowest BCUT2D eigenvalue weighted by atomic mass is 9.79. The summed E-state index contributed by atoms with van der Waals surface area (Å²) < 4.78 is 0. The molecular weight excluding hydrogens is 354 g/mol. The zero-order chi connectivity index (χ0) is 20.3. The number of hydrazone groups is 1. The molecule has 1 aliphatic rings. The Bertz CT molecular complexity index is 894. The molecule has 0 aliphatic carbocycles. The molecule has 7 heteroatoms. The minimum absolute atomic E-state index is 0.101. The van der Waals surface area contributed by atoms with Gasteiger partial charge in [0, 0.05) is 30.0 Å². The van der Waals surface area contributed by atoms with Gasteiger partial charge in [0.1, 0.15) is 0 Å². The first-order chi connectivity index (χ1) is 13.3. The lowest BCUT2D eigenvalue weighted by Crippen LogP contribution is -2.48. The van der Waals surface area contributed by atoms with Gasteiger partial charge in [0.15, 0.2) is 0 Å². The molecule has 0 fully saturated rings. The van der Waals surface area contributed by atoms with E-state index in [1.54, 1.807) is 6.21 Å². The minimum Gasteiger partial charge on any atom is -0.366 e. The van der Waals surface area contributed by atoms with Crippen LogP contribution in [-0.2, 0) is 0 Å². The van der Waals surface area contributed by atoms with Gasteiger partial charge in [0.05, 0.1) is 11.1 Å². The maximum atomic E-state index is 11.1. The van der Waals surface area contributed by atoms with Crippen LogP contribution in [0.3, 0.4) is 0 Å². The predicted molar refractivity (Wildman–Crippen MR) is 113 cm³/mol. The summed E-state index contributed by atoms with van der Waals surface area (Å²) in [5.74, 6) is 0.585. The molecule has 0 saturated heterocycles. The van der Waals surface area contributed by atoms with Crippen LogP contribution in [0.5, 0.6) is 0 Å². The van der Waals surface area contributed by atoms with Gasteiger partial charge in [-0.1, -0.05) is 19.9 Å². The molecular formula is C21H27N5O2. The molecule has 1 N–H and O–H groups in total. The van der Waals surface area contributed by atoms with Crippen molar-refractivity contribution < 1.29 is 4.92 Å². The van der Waals surface area contributed by atoms with Crippen LogP contribution in [0.2, 0.25) is 0 Å². The topological polar surface area (TPSA) is 83.7 Å². The number of nitro groups is 1. The van der Waals surface area contributed by atoms with E-state index in [1.165, 1.54) is 29.6 Å². The molecule has 0 bridgehead atoms. The second-order valence-corrected chi connectivity index (χ2v) is 7.89. The summed E-state index contributed by atoms with van der Waals surface area (Å²) in [6.45, 7) is 10.1. The Morgan fingerprint density at radius 1 is 1.43 bits per heavy atom. The van der Waals surface area contributed by atoms with Crippen molar-refractivity contribution in [1.29, 1.82) is 0 Å². The van der Waals surface area contributed by atoms with E-state index in [2.05, 4.69) is 60.2 Å². The number of aromatic nitrogens is 1. The van der Waals surface area contributed by atoms with Gasteiger partial charge < -0.3 is 4.90 Å². The predicted octanol–water partition coefficient (Wildman–Crippen LogP) is 4.94. The third-order valence-electron chi connectivity index (χ3n) is 5.22. The maximum absolute atomic E-state index is 11.1. The molecule has 1 atom stereocenters. The number of nitrogens with one attached hydrogen (secondary N) is 1. The second kappa shape index (κ2) is 7.96. The summed E-state index contributed by atoms with van der Waals surface area (Å²) in [6.07, 6.45) is 5.37. The van der Waals surface area contributed by atoms with E-state index < -0.39 is 4.92 Å². The number of pyridine rings is 1. The van der Waals surface area contributed by atoms with Crippen LogP contribution in [0.15, 0.2) is 41.6 Å². The molecule has 0 spiro atoms. The summed E-state index contributed by atoms with van der Waals surface area (Å²) in [7, 11) is 0. The molecule has 148 valence electrons. The van der Waals surface area contributed by atoms with Crippen molar-refractivity contribution >= 4 is 23.4 Å². The van der Waals surface area contributed by atoms with E-state index in [9.17, 15) is 10.1 Å². The highest BCUT2D eigenvalue weighted by Crippen LogP contribution is 2.43. The number of anilines is 2. The van der Waals surface area contributed by atoms with Crippen molar-refractivity contribution in [1.82, 2.24) is 4.98 Å². The largest absolute Gasteiger partial charge is 0.366 e. The highest BCUT2D eigenvalue weighted by Gasteiger charge is 2.35. The van der Waals surface area contributed by atoms with E-state index in [-0.39, 0.29) is 17.0 Å². The molecule has 28 heavy (non-hydrogen) atoms. The number of hydrogen-bond donors (Lipinski definition) is 1. The third kappa shape index (κ3) is 3.98. The highest BCUT2D eigenvalue weighted by atomic mass is 16.6. The standard InChI is InChI=1S/C21H27N5O2/c1-5-11-25-18-9-8-16(12-17(18)15(2)13-21(25,3)4)14-23-24-20-19(26(27)28)7-6-10-22-20/h6-10,12,14-15H,5,11,13H2,1-4H3,(H,22,24)/b23-14-. The van der Waals surface area contributed by atoms with E-state index in [0.717, 1.165) is 24.9 Å². The van der Waals surface area contributed by atoms with Gasteiger partial charge in [0.2, 0.25) is 5.82 Å². The Labute approximate surface area is 165 Å². The van der Waals surface area contributed by atoms with Gasteiger partial charge in [-0.05, 0) is 61.9 Å². The summed E-state index contributed by atoms with van der Waals surface area (Å²) in [6, 6.07) is 9.29. The quantitative estimate of drug-likeness (QED) is 0.435. The van der Waals surface area contributed by atoms with Gasteiger partial charge in [-0.25, -0.2) is 4.98 Å². The number of rotatable bonds is 6. The van der Waals surface area contributed by atoms with Gasteiger partial charge in [-0.2, -0.15) is 5.10 Å². The van der Waals surface area contributed by atoms with Crippen molar-refractivity contribution in [3.05, 3.63) is 57.8 Å². The highest BCUT2D eigenvalue weighted by molar-refractivity contribution is 5.82. The van der Waals surface area contributed by atoms with Crippen LogP contribution < -0.4 is 10.3 Å². The molecule has 1 aromatic carbocycles. The molecule has 3 rings (SSSR count). The Hall–Kier alpha value is -2.96. The summed E-state index contributed by atoms with van der Waals surface area (Å²) in [5, 5.41) is 15.2. The second-order valence-electron chi connectivity index (χ2n) is 7.89. The van der Waals surface area contributed by atoms with E-state index >= 15 is 0 Å². The van der Waals surface area contributed by atoms with Crippen LogP contribution in [0.25, 0.3) is 0 Å². The van der Waals surface area contributed by atoms with Crippen LogP contribution in [0.4, 0.5) is 17.2 Å². The van der Waals surface area contributed by atoms with Crippen LogP contribution in [0, 0.1) is 10.1 Å². The number of benzene rings is 1. The van der Waals surface area contributed by atoms with Crippen molar-refractivity contribution in [2.45, 2.75) is 52.0 Å². The Morgan fingerprint density at radius 2 is 2.21 bits per heavy atom. The number of hydrogen-bond acceptors (Lipinski definition) is 6. The van der Waals surface area contributed by atoms with Crippen molar-refractivity contribution in [2.24, 2.45) is 5.10 Å². The first-order valence-corrected chi connectivity index (χ1v) is 9.63. The smallest absolute Gasteiger partial charge is 0.313 e. The molecule has 1 unspecified atom stereocenters. The van der Waals surface area contributed by atoms with E-state index in [1.807, 2.05) is 6.07 Å². The van der Waals surface area contributed by atoms with Gasteiger partial charge in [0.25, 0.3) is 0 Å². The fraction of sp³-hybridized carbons (Fsp3) is 0.429. The third-order valence-corrected chi connectivity index (χ3v) is 5.22. The average molecular weight is 381 g/mol. The maximum Gasteiger partial charge on any atom is 0.313 e. The van der Waals surface area contributed by atoms with Crippen molar-refractivity contribution in [3.63, 3.8) is 0 Å². The summed E-state index contributed by atoms with van der Waals surface area (Å²) in [5.41, 5.74) is 6.28. The first kappa shape index (κ1) is 19.8. The fourth-order valence-electron chi connectivity index (χ4n) is 4.03. The van der Waals surface area contributed by atoms with Crippen LogP contribution in [0.1, 0.15) is 57.6 Å². The Kier molecular flexibility index (Phi) is 5.63. The van der Waals surface area contributed by atoms with Crippen molar-refractivity contribution in [2.75, 3.05) is 16.9 Å². The minimum atomic E-state index is -0.477. The molecule has 0 saturated carbocycles.